The highest BCUT2D eigenvalue weighted by Crippen LogP contribution is 2.35. The van der Waals surface area contributed by atoms with E-state index in [1.54, 1.807) is 39.4 Å². The summed E-state index contributed by atoms with van der Waals surface area (Å²) >= 11 is 0. The molecule has 7 nitrogen and oxygen atoms in total. The lowest BCUT2D eigenvalue weighted by molar-refractivity contribution is -0.141. The molecule has 7 heteroatoms. The van der Waals surface area contributed by atoms with Crippen molar-refractivity contribution < 1.29 is 33.3 Å². The van der Waals surface area contributed by atoms with Crippen LogP contribution in [-0.4, -0.2) is 39.9 Å². The van der Waals surface area contributed by atoms with E-state index in [2.05, 4.69) is 0 Å². The summed E-state index contributed by atoms with van der Waals surface area (Å²) in [5.74, 6) is 1.13. The Labute approximate surface area is 187 Å². The third kappa shape index (κ3) is 5.41. The topological polar surface area (TPSA) is 80.3 Å². The number of carbonyl (C=O) groups is 2. The predicted molar refractivity (Wildman–Crippen MR) is 118 cm³/mol. The molecule has 0 unspecified atom stereocenters. The van der Waals surface area contributed by atoms with Crippen molar-refractivity contribution in [1.29, 1.82) is 0 Å². The fraction of sp³-hybridized carbons (Fsp3) is 0.360. The first-order valence-electron chi connectivity index (χ1n) is 10.4. The van der Waals surface area contributed by atoms with E-state index in [0.717, 1.165) is 11.1 Å². The molecule has 3 rings (SSSR count). The molecule has 1 fully saturated rings. The monoisotopic (exact) mass is 440 g/mol. The van der Waals surface area contributed by atoms with Gasteiger partial charge in [0.2, 0.25) is 0 Å². The van der Waals surface area contributed by atoms with Crippen LogP contribution in [-0.2, 0) is 27.2 Å². The highest BCUT2D eigenvalue weighted by Gasteiger charge is 2.37. The summed E-state index contributed by atoms with van der Waals surface area (Å²) in [7, 11) is 4.70. The zero-order valence-electron chi connectivity index (χ0n) is 18.8. The number of carbonyl (C=O) groups excluding carboxylic acids is 2. The first-order valence-corrected chi connectivity index (χ1v) is 10.4. The first-order chi connectivity index (χ1) is 15.5. The van der Waals surface area contributed by atoms with Crippen LogP contribution >= 0.6 is 0 Å². The molecule has 0 aromatic heterocycles. The molecule has 2 atom stereocenters. The molecule has 0 amide bonds. The van der Waals surface area contributed by atoms with Crippen LogP contribution in [0.1, 0.15) is 18.1 Å². The van der Waals surface area contributed by atoms with Gasteiger partial charge < -0.3 is 23.7 Å². The number of allylic oxidation sites excluding steroid dienone is 1. The van der Waals surface area contributed by atoms with Crippen molar-refractivity contribution in [2.75, 3.05) is 27.9 Å². The molecule has 0 spiro atoms. The summed E-state index contributed by atoms with van der Waals surface area (Å²) in [5.41, 5.74) is 1.94. The van der Waals surface area contributed by atoms with Crippen LogP contribution in [0.4, 0.5) is 0 Å². The van der Waals surface area contributed by atoms with E-state index in [1.165, 1.54) is 13.2 Å². The van der Waals surface area contributed by atoms with Crippen LogP contribution in [0, 0.1) is 11.8 Å². The molecule has 1 saturated heterocycles. The van der Waals surface area contributed by atoms with Gasteiger partial charge in [0.05, 0.1) is 33.9 Å². The second-order valence-electron chi connectivity index (χ2n) is 7.50. The van der Waals surface area contributed by atoms with E-state index in [9.17, 15) is 9.59 Å². The number of benzene rings is 2. The van der Waals surface area contributed by atoms with E-state index in [-0.39, 0.29) is 17.8 Å². The average Bonchev–Trinajstić information content (AvgIpc) is 3.13. The lowest BCUT2D eigenvalue weighted by Crippen LogP contribution is -2.20. The van der Waals surface area contributed by atoms with Gasteiger partial charge in [0, 0.05) is 12.0 Å². The summed E-state index contributed by atoms with van der Waals surface area (Å²) < 4.78 is 26.7. The molecule has 0 aliphatic carbocycles. The number of rotatable bonds is 9. The number of cyclic esters (lactones) is 1. The van der Waals surface area contributed by atoms with E-state index in [0.29, 0.717) is 42.4 Å². The fourth-order valence-corrected chi connectivity index (χ4v) is 3.82. The van der Waals surface area contributed by atoms with Gasteiger partial charge in [-0.15, -0.1) is 0 Å². The maximum atomic E-state index is 12.5. The third-order valence-electron chi connectivity index (χ3n) is 5.45. The molecule has 2 aromatic carbocycles. The molecule has 1 heterocycles. The SMILES string of the molecule is C/C=C/C(=O)Oc1ccc(C[C@H]2C(=O)OC[C@@H]2Cc2ccc(OC)c(OC)c2)cc1OC. The summed E-state index contributed by atoms with van der Waals surface area (Å²) in [6.45, 7) is 2.11. The minimum absolute atomic E-state index is 0.0267. The standard InChI is InChI=1S/C25H28O7/c1-5-6-24(26)32-21-10-8-17(14-23(21)30-4)12-19-18(15-31-25(19)27)11-16-7-9-20(28-2)22(13-16)29-3/h5-10,13-14,18-19H,11-12,15H2,1-4H3/b6-5+/t18-,19+/m0/s1. The number of ether oxygens (including phenoxy) is 5. The Balaban J connectivity index is 1.75. The Morgan fingerprint density at radius 3 is 2.16 bits per heavy atom. The largest absolute Gasteiger partial charge is 0.493 e. The van der Waals surface area contributed by atoms with E-state index in [1.807, 2.05) is 24.3 Å². The highest BCUT2D eigenvalue weighted by molar-refractivity contribution is 5.84. The molecular formula is C25H28O7. The van der Waals surface area contributed by atoms with E-state index in [4.69, 9.17) is 23.7 Å². The normalized spacial score (nSPS) is 17.8. The average molecular weight is 440 g/mol. The minimum atomic E-state index is -0.479. The molecule has 0 radical (unpaired) electrons. The van der Waals surface area contributed by atoms with Crippen LogP contribution in [0.3, 0.4) is 0 Å². The molecular weight excluding hydrogens is 412 g/mol. The second-order valence-corrected chi connectivity index (χ2v) is 7.50. The number of hydrogen-bond acceptors (Lipinski definition) is 7. The molecule has 32 heavy (non-hydrogen) atoms. The van der Waals surface area contributed by atoms with Gasteiger partial charge in [-0.05, 0) is 55.2 Å². The van der Waals surface area contributed by atoms with Crippen LogP contribution in [0.2, 0.25) is 0 Å². The van der Waals surface area contributed by atoms with Crippen molar-refractivity contribution in [2.24, 2.45) is 11.8 Å². The number of hydrogen-bond donors (Lipinski definition) is 0. The summed E-state index contributed by atoms with van der Waals surface area (Å²) in [5, 5.41) is 0. The van der Waals surface area contributed by atoms with Crippen molar-refractivity contribution in [3.63, 3.8) is 0 Å². The van der Waals surface area contributed by atoms with Crippen LogP contribution in [0.5, 0.6) is 23.0 Å². The highest BCUT2D eigenvalue weighted by atomic mass is 16.6. The van der Waals surface area contributed by atoms with Crippen LogP contribution in [0.25, 0.3) is 0 Å². The molecule has 1 aliphatic heterocycles. The lowest BCUT2D eigenvalue weighted by atomic mass is 9.85. The van der Waals surface area contributed by atoms with Crippen molar-refractivity contribution >= 4 is 11.9 Å². The zero-order chi connectivity index (χ0) is 23.1. The number of methoxy groups -OCH3 is 3. The third-order valence-corrected chi connectivity index (χ3v) is 5.45. The van der Waals surface area contributed by atoms with Crippen LogP contribution in [0.15, 0.2) is 48.6 Å². The second kappa shape index (κ2) is 10.7. The molecule has 2 aromatic rings. The Hall–Kier alpha value is -3.48. The van der Waals surface area contributed by atoms with Crippen molar-refractivity contribution in [1.82, 2.24) is 0 Å². The van der Waals surface area contributed by atoms with Gasteiger partial charge in [-0.1, -0.05) is 18.2 Å². The van der Waals surface area contributed by atoms with Gasteiger partial charge in [-0.25, -0.2) is 4.79 Å². The van der Waals surface area contributed by atoms with E-state index >= 15 is 0 Å². The molecule has 0 bridgehead atoms. The van der Waals surface area contributed by atoms with Gasteiger partial charge in [0.1, 0.15) is 0 Å². The Bertz CT molecular complexity index is 996. The van der Waals surface area contributed by atoms with Gasteiger partial charge >= 0.3 is 11.9 Å². The Morgan fingerprint density at radius 1 is 0.938 bits per heavy atom. The fourth-order valence-electron chi connectivity index (χ4n) is 3.82. The van der Waals surface area contributed by atoms with Gasteiger partial charge in [0.25, 0.3) is 0 Å². The maximum Gasteiger partial charge on any atom is 0.335 e. The van der Waals surface area contributed by atoms with Crippen molar-refractivity contribution in [3.05, 3.63) is 59.7 Å². The van der Waals surface area contributed by atoms with Gasteiger partial charge in [0.15, 0.2) is 23.0 Å². The minimum Gasteiger partial charge on any atom is -0.493 e. The van der Waals surface area contributed by atoms with Crippen molar-refractivity contribution in [2.45, 2.75) is 19.8 Å². The summed E-state index contributed by atoms with van der Waals surface area (Å²) in [6.07, 6.45) is 4.11. The van der Waals surface area contributed by atoms with Crippen LogP contribution < -0.4 is 18.9 Å². The first kappa shape index (κ1) is 23.2. The molecule has 1 aliphatic rings. The summed E-state index contributed by atoms with van der Waals surface area (Å²) in [6, 6.07) is 11.1. The Kier molecular flexibility index (Phi) is 7.76. The maximum absolute atomic E-state index is 12.5. The van der Waals surface area contributed by atoms with Gasteiger partial charge in [-0.3, -0.25) is 4.79 Å². The molecule has 0 N–H and O–H groups in total. The van der Waals surface area contributed by atoms with E-state index < -0.39 is 5.97 Å². The smallest absolute Gasteiger partial charge is 0.335 e. The summed E-state index contributed by atoms with van der Waals surface area (Å²) in [4.78, 5) is 24.2. The molecule has 0 saturated carbocycles. The predicted octanol–water partition coefficient (Wildman–Crippen LogP) is 3.77. The zero-order valence-corrected chi connectivity index (χ0v) is 18.8. The lowest BCUT2D eigenvalue weighted by Gasteiger charge is -2.17. The Morgan fingerprint density at radius 2 is 1.53 bits per heavy atom. The van der Waals surface area contributed by atoms with Crippen molar-refractivity contribution in [3.8, 4) is 23.0 Å². The number of esters is 2. The molecule has 170 valence electrons. The quantitative estimate of drug-likeness (QED) is 0.334. The van der Waals surface area contributed by atoms with Gasteiger partial charge in [-0.2, -0.15) is 0 Å².